The standard InChI is InChI=1S/C16H32N4.HI/c1-14-7-5-11-20(13-14)12-6-10-18-16(17)19-15-8-3-2-4-9-15;/h14-15H,2-13H2,1H3,(H3,17,18,19);1H. The van der Waals surface area contributed by atoms with Gasteiger partial charge in [-0.2, -0.15) is 0 Å². The molecule has 21 heavy (non-hydrogen) atoms. The smallest absolute Gasteiger partial charge is 0.188 e. The molecule has 0 aromatic heterocycles. The zero-order valence-corrected chi connectivity index (χ0v) is 15.9. The van der Waals surface area contributed by atoms with Gasteiger partial charge in [-0.05, 0) is 51.1 Å². The van der Waals surface area contributed by atoms with Gasteiger partial charge in [0.05, 0.1) is 0 Å². The summed E-state index contributed by atoms with van der Waals surface area (Å²) in [4.78, 5) is 7.06. The zero-order chi connectivity index (χ0) is 14.2. The van der Waals surface area contributed by atoms with E-state index in [-0.39, 0.29) is 24.0 Å². The lowest BCUT2D eigenvalue weighted by Gasteiger charge is -2.30. The zero-order valence-electron chi connectivity index (χ0n) is 13.5. The molecule has 2 rings (SSSR count). The first-order valence-electron chi connectivity index (χ1n) is 8.53. The largest absolute Gasteiger partial charge is 0.370 e. The third-order valence-electron chi connectivity index (χ3n) is 4.61. The van der Waals surface area contributed by atoms with Crippen molar-refractivity contribution in [2.24, 2.45) is 16.6 Å². The Morgan fingerprint density at radius 2 is 1.95 bits per heavy atom. The molecule has 2 aliphatic rings. The van der Waals surface area contributed by atoms with E-state index in [0.717, 1.165) is 18.9 Å². The van der Waals surface area contributed by atoms with Crippen molar-refractivity contribution < 1.29 is 0 Å². The van der Waals surface area contributed by atoms with Crippen LogP contribution in [0.5, 0.6) is 0 Å². The summed E-state index contributed by atoms with van der Waals surface area (Å²) in [5.74, 6) is 1.52. The van der Waals surface area contributed by atoms with Crippen LogP contribution in [0.15, 0.2) is 4.99 Å². The second-order valence-electron chi connectivity index (χ2n) is 6.65. The number of nitrogens with zero attached hydrogens (tertiary/aromatic N) is 2. The highest BCUT2D eigenvalue weighted by Gasteiger charge is 2.15. The molecule has 0 aromatic rings. The number of nitrogens with two attached hydrogens (primary N) is 1. The monoisotopic (exact) mass is 408 g/mol. The minimum atomic E-state index is 0. The van der Waals surface area contributed by atoms with Gasteiger partial charge in [0.25, 0.3) is 0 Å². The van der Waals surface area contributed by atoms with Crippen LogP contribution in [0, 0.1) is 5.92 Å². The Balaban J connectivity index is 0.00000220. The molecule has 0 aromatic carbocycles. The van der Waals surface area contributed by atoms with Crippen molar-refractivity contribution in [3.05, 3.63) is 0 Å². The summed E-state index contributed by atoms with van der Waals surface area (Å²) in [5.41, 5.74) is 5.97. The summed E-state index contributed by atoms with van der Waals surface area (Å²) < 4.78 is 0. The molecule has 4 nitrogen and oxygen atoms in total. The number of hydrogen-bond donors (Lipinski definition) is 2. The normalized spacial score (nSPS) is 25.4. The number of hydrogen-bond acceptors (Lipinski definition) is 2. The van der Waals surface area contributed by atoms with Gasteiger partial charge in [0.1, 0.15) is 0 Å². The van der Waals surface area contributed by atoms with Crippen molar-refractivity contribution in [3.8, 4) is 0 Å². The minimum absolute atomic E-state index is 0. The average molecular weight is 408 g/mol. The van der Waals surface area contributed by atoms with Gasteiger partial charge >= 0.3 is 0 Å². The van der Waals surface area contributed by atoms with Crippen LogP contribution in [-0.4, -0.2) is 43.1 Å². The van der Waals surface area contributed by atoms with Crippen LogP contribution in [0.4, 0.5) is 0 Å². The van der Waals surface area contributed by atoms with Crippen molar-refractivity contribution in [3.63, 3.8) is 0 Å². The molecule has 1 heterocycles. The molecule has 1 aliphatic heterocycles. The molecule has 0 spiro atoms. The second kappa shape index (κ2) is 10.6. The lowest BCUT2D eigenvalue weighted by atomic mass is 9.96. The molecule has 0 amide bonds. The Morgan fingerprint density at radius 3 is 2.67 bits per heavy atom. The minimum Gasteiger partial charge on any atom is -0.370 e. The van der Waals surface area contributed by atoms with Crippen LogP contribution in [0.25, 0.3) is 0 Å². The maximum Gasteiger partial charge on any atom is 0.188 e. The fourth-order valence-electron chi connectivity index (χ4n) is 3.49. The van der Waals surface area contributed by atoms with E-state index in [9.17, 15) is 0 Å². The third-order valence-corrected chi connectivity index (χ3v) is 4.61. The fourth-order valence-corrected chi connectivity index (χ4v) is 3.49. The first-order valence-corrected chi connectivity index (χ1v) is 8.53. The Morgan fingerprint density at radius 1 is 1.19 bits per heavy atom. The maximum atomic E-state index is 5.97. The van der Waals surface area contributed by atoms with Crippen molar-refractivity contribution >= 4 is 29.9 Å². The summed E-state index contributed by atoms with van der Waals surface area (Å²) in [6.45, 7) is 6.92. The highest BCUT2D eigenvalue weighted by atomic mass is 127. The maximum absolute atomic E-state index is 5.97. The summed E-state index contributed by atoms with van der Waals surface area (Å²) in [6, 6.07) is 0.565. The van der Waals surface area contributed by atoms with Crippen molar-refractivity contribution in [2.75, 3.05) is 26.2 Å². The number of guanidine groups is 1. The molecule has 0 bridgehead atoms. The van der Waals surface area contributed by atoms with E-state index in [0.29, 0.717) is 12.0 Å². The molecule has 1 saturated heterocycles. The van der Waals surface area contributed by atoms with Gasteiger partial charge in [-0.1, -0.05) is 26.2 Å². The van der Waals surface area contributed by atoms with E-state index in [4.69, 9.17) is 5.73 Å². The second-order valence-corrected chi connectivity index (χ2v) is 6.65. The van der Waals surface area contributed by atoms with Gasteiger partial charge in [0.2, 0.25) is 0 Å². The molecule has 1 saturated carbocycles. The summed E-state index contributed by atoms with van der Waals surface area (Å²) >= 11 is 0. The molecule has 124 valence electrons. The topological polar surface area (TPSA) is 53.6 Å². The van der Waals surface area contributed by atoms with E-state index >= 15 is 0 Å². The van der Waals surface area contributed by atoms with Crippen LogP contribution in [0.1, 0.15) is 58.3 Å². The summed E-state index contributed by atoms with van der Waals surface area (Å²) in [6.07, 6.45) is 10.4. The van der Waals surface area contributed by atoms with Crippen molar-refractivity contribution in [1.82, 2.24) is 10.2 Å². The average Bonchev–Trinajstić information content (AvgIpc) is 2.45. The molecular weight excluding hydrogens is 375 g/mol. The number of rotatable bonds is 5. The molecule has 3 N–H and O–H groups in total. The van der Waals surface area contributed by atoms with Gasteiger partial charge in [-0.3, -0.25) is 4.99 Å². The predicted octanol–water partition coefficient (Wildman–Crippen LogP) is 2.96. The molecular formula is C16H33IN4. The van der Waals surface area contributed by atoms with E-state index in [2.05, 4.69) is 22.1 Å². The van der Waals surface area contributed by atoms with Crippen LogP contribution in [0.2, 0.25) is 0 Å². The Labute approximate surface area is 147 Å². The quantitative estimate of drug-likeness (QED) is 0.318. The van der Waals surface area contributed by atoms with Gasteiger partial charge in [0, 0.05) is 19.1 Å². The molecule has 1 atom stereocenters. The number of likely N-dealkylation sites (tertiary alicyclic amines) is 1. The predicted molar refractivity (Wildman–Crippen MR) is 101 cm³/mol. The van der Waals surface area contributed by atoms with Crippen molar-refractivity contribution in [2.45, 2.75) is 64.3 Å². The fraction of sp³-hybridized carbons (Fsp3) is 0.938. The number of nitrogens with one attached hydrogen (secondary N) is 1. The van der Waals surface area contributed by atoms with Crippen molar-refractivity contribution in [1.29, 1.82) is 0 Å². The van der Waals surface area contributed by atoms with Crippen LogP contribution in [-0.2, 0) is 0 Å². The van der Waals surface area contributed by atoms with E-state index in [1.54, 1.807) is 0 Å². The van der Waals surface area contributed by atoms with Gasteiger partial charge in [0.15, 0.2) is 5.96 Å². The molecule has 2 fully saturated rings. The number of halogens is 1. The number of piperidine rings is 1. The first kappa shape index (κ1) is 19.0. The van der Waals surface area contributed by atoms with Crippen LogP contribution in [0.3, 0.4) is 0 Å². The molecule has 1 unspecified atom stereocenters. The SMILES string of the molecule is CC1CCCN(CCCN=C(N)NC2CCCCC2)C1.I. The Hall–Kier alpha value is -0.0400. The van der Waals surface area contributed by atoms with Crippen LogP contribution < -0.4 is 11.1 Å². The highest BCUT2D eigenvalue weighted by Crippen LogP contribution is 2.17. The van der Waals surface area contributed by atoms with Gasteiger partial charge < -0.3 is 16.0 Å². The lowest BCUT2D eigenvalue weighted by Crippen LogP contribution is -2.41. The summed E-state index contributed by atoms with van der Waals surface area (Å²) in [7, 11) is 0. The molecule has 1 aliphatic carbocycles. The van der Waals surface area contributed by atoms with Gasteiger partial charge in [-0.15, -0.1) is 24.0 Å². The lowest BCUT2D eigenvalue weighted by molar-refractivity contribution is 0.183. The Kier molecular flexibility index (Phi) is 9.64. The molecule has 0 radical (unpaired) electrons. The van der Waals surface area contributed by atoms with Crippen LogP contribution >= 0.6 is 24.0 Å². The van der Waals surface area contributed by atoms with E-state index in [1.807, 2.05) is 0 Å². The van der Waals surface area contributed by atoms with E-state index < -0.39 is 0 Å². The summed E-state index contributed by atoms with van der Waals surface area (Å²) in [5, 5.41) is 3.38. The van der Waals surface area contributed by atoms with E-state index in [1.165, 1.54) is 64.6 Å². The first-order chi connectivity index (χ1) is 9.74. The van der Waals surface area contributed by atoms with Gasteiger partial charge in [-0.25, -0.2) is 0 Å². The molecule has 5 heteroatoms. The number of aliphatic imine (C=N–C) groups is 1. The Bertz CT molecular complexity index is 303. The third kappa shape index (κ3) is 7.68. The highest BCUT2D eigenvalue weighted by molar-refractivity contribution is 14.0.